The molecule has 1 nitrogen and oxygen atoms in total. The summed E-state index contributed by atoms with van der Waals surface area (Å²) < 4.78 is 13.5. The average Bonchev–Trinajstić information content (AvgIpc) is 1.96. The van der Waals surface area contributed by atoms with E-state index in [0.717, 1.165) is 0 Å². The van der Waals surface area contributed by atoms with Crippen LogP contribution in [0, 0.1) is 12.7 Å². The average molecular weight is 251 g/mol. The Morgan fingerprint density at radius 2 is 2.17 bits per heavy atom. The first-order valence-corrected chi connectivity index (χ1v) is 4.35. The molecule has 0 unspecified atom stereocenters. The minimum absolute atomic E-state index is 0.198. The number of carbonyl (C=O) groups excluding carboxylic acids is 1. The second kappa shape index (κ2) is 3.54. The van der Waals surface area contributed by atoms with E-state index in [-0.39, 0.29) is 11.1 Å². The maximum absolute atomic E-state index is 13.0. The number of carbonyl (C=O) groups is 1. The number of benzene rings is 1. The van der Waals surface area contributed by atoms with Gasteiger partial charge in [-0.2, -0.15) is 0 Å². The molecule has 0 spiro atoms. The third kappa shape index (κ3) is 1.84. The molecule has 1 aromatic carbocycles. The summed E-state index contributed by atoms with van der Waals surface area (Å²) in [6, 6.07) is 2.78. The molecule has 0 amide bonds. The zero-order chi connectivity index (χ0) is 9.30. The van der Waals surface area contributed by atoms with Gasteiger partial charge in [-0.05, 0) is 36.2 Å². The van der Waals surface area contributed by atoms with E-state index in [0.29, 0.717) is 4.47 Å². The van der Waals surface area contributed by atoms with E-state index in [2.05, 4.69) is 15.9 Å². The van der Waals surface area contributed by atoms with Crippen LogP contribution in [0.5, 0.6) is 0 Å². The Morgan fingerprint density at radius 1 is 1.58 bits per heavy atom. The number of rotatable bonds is 1. The van der Waals surface area contributed by atoms with Gasteiger partial charge in [-0.15, -0.1) is 0 Å². The molecule has 0 atom stereocenters. The molecule has 1 aromatic rings. The summed E-state index contributed by atoms with van der Waals surface area (Å²) in [5, 5.41) is -0.646. The van der Waals surface area contributed by atoms with Gasteiger partial charge in [0.05, 0.1) is 0 Å². The van der Waals surface area contributed by atoms with Crippen LogP contribution in [0.2, 0.25) is 0 Å². The summed E-state index contributed by atoms with van der Waals surface area (Å²) in [7, 11) is 0. The van der Waals surface area contributed by atoms with Crippen molar-refractivity contribution in [3.8, 4) is 0 Å². The van der Waals surface area contributed by atoms with Crippen LogP contribution < -0.4 is 0 Å². The van der Waals surface area contributed by atoms with Crippen LogP contribution in [0.1, 0.15) is 15.9 Å². The highest BCUT2D eigenvalue weighted by Gasteiger charge is 2.10. The topological polar surface area (TPSA) is 17.1 Å². The van der Waals surface area contributed by atoms with Gasteiger partial charge in [-0.25, -0.2) is 4.39 Å². The van der Waals surface area contributed by atoms with Crippen LogP contribution >= 0.6 is 27.5 Å². The first-order valence-electron chi connectivity index (χ1n) is 3.18. The Kier molecular flexibility index (Phi) is 2.85. The van der Waals surface area contributed by atoms with E-state index in [4.69, 9.17) is 11.6 Å². The maximum Gasteiger partial charge on any atom is 0.252 e. The lowest BCUT2D eigenvalue weighted by atomic mass is 10.1. The van der Waals surface area contributed by atoms with Crippen LogP contribution in [0.4, 0.5) is 4.39 Å². The van der Waals surface area contributed by atoms with Gasteiger partial charge in [0.1, 0.15) is 5.82 Å². The molecule has 0 bridgehead atoms. The molecule has 0 fully saturated rings. The van der Waals surface area contributed by atoms with Crippen molar-refractivity contribution in [2.45, 2.75) is 6.92 Å². The second-order valence-corrected chi connectivity index (χ2v) is 3.59. The van der Waals surface area contributed by atoms with Crippen LogP contribution in [0.15, 0.2) is 16.6 Å². The lowest BCUT2D eigenvalue weighted by Gasteiger charge is -2.02. The molecule has 0 N–H and O–H groups in total. The minimum atomic E-state index is -0.646. The standard InChI is InChI=1S/C8H5BrClFO/c1-4-6(8(10)12)2-5(9)3-7(4)11/h2-3H,1H3. The highest BCUT2D eigenvalue weighted by atomic mass is 79.9. The smallest absolute Gasteiger partial charge is 0.252 e. The van der Waals surface area contributed by atoms with Crippen molar-refractivity contribution < 1.29 is 9.18 Å². The van der Waals surface area contributed by atoms with Gasteiger partial charge in [0.2, 0.25) is 0 Å². The third-order valence-corrected chi connectivity index (χ3v) is 2.18. The fourth-order valence-electron chi connectivity index (χ4n) is 0.850. The molecule has 0 aliphatic heterocycles. The molecule has 1 rings (SSSR count). The summed E-state index contributed by atoms with van der Waals surface area (Å²) in [5.74, 6) is -0.437. The van der Waals surface area contributed by atoms with Crippen molar-refractivity contribution in [3.63, 3.8) is 0 Å². The number of hydrogen-bond donors (Lipinski definition) is 0. The maximum atomic E-state index is 13.0. The summed E-state index contributed by atoms with van der Waals surface area (Å²) in [6.45, 7) is 1.51. The first kappa shape index (κ1) is 9.68. The fourth-order valence-corrected chi connectivity index (χ4v) is 1.48. The number of hydrogen-bond acceptors (Lipinski definition) is 1. The molecular weight excluding hydrogens is 246 g/mol. The lowest BCUT2D eigenvalue weighted by Crippen LogP contribution is -1.96. The second-order valence-electron chi connectivity index (χ2n) is 2.33. The molecule has 4 heteroatoms. The van der Waals surface area contributed by atoms with Gasteiger partial charge in [0.25, 0.3) is 5.24 Å². The molecule has 64 valence electrons. The molecule has 0 heterocycles. The fraction of sp³-hybridized carbons (Fsp3) is 0.125. The Labute approximate surface area is 82.7 Å². The molecule has 12 heavy (non-hydrogen) atoms. The van der Waals surface area contributed by atoms with E-state index < -0.39 is 11.1 Å². The molecule has 0 saturated carbocycles. The molecule has 0 aromatic heterocycles. The van der Waals surface area contributed by atoms with Crippen molar-refractivity contribution in [2.75, 3.05) is 0 Å². The summed E-state index contributed by atoms with van der Waals surface area (Å²) in [6.07, 6.45) is 0. The molecule has 0 radical (unpaired) electrons. The van der Waals surface area contributed by atoms with E-state index in [1.807, 2.05) is 0 Å². The Morgan fingerprint density at radius 3 is 2.67 bits per heavy atom. The van der Waals surface area contributed by atoms with Gasteiger partial charge < -0.3 is 0 Å². The third-order valence-electron chi connectivity index (χ3n) is 1.52. The van der Waals surface area contributed by atoms with Crippen molar-refractivity contribution >= 4 is 32.8 Å². The van der Waals surface area contributed by atoms with Gasteiger partial charge in [0, 0.05) is 10.0 Å². The lowest BCUT2D eigenvalue weighted by molar-refractivity contribution is 0.108. The molecular formula is C8H5BrClFO. The van der Waals surface area contributed by atoms with Gasteiger partial charge in [0.15, 0.2) is 0 Å². The molecule has 0 saturated heterocycles. The Bertz CT molecular complexity index is 338. The van der Waals surface area contributed by atoms with Crippen molar-refractivity contribution in [1.82, 2.24) is 0 Å². The summed E-state index contributed by atoms with van der Waals surface area (Å²) in [4.78, 5) is 10.7. The van der Waals surface area contributed by atoms with Crippen molar-refractivity contribution in [1.29, 1.82) is 0 Å². The van der Waals surface area contributed by atoms with Crippen LogP contribution in [-0.4, -0.2) is 5.24 Å². The van der Waals surface area contributed by atoms with Crippen molar-refractivity contribution in [2.24, 2.45) is 0 Å². The number of halogens is 3. The highest BCUT2D eigenvalue weighted by molar-refractivity contribution is 9.10. The minimum Gasteiger partial charge on any atom is -0.276 e. The summed E-state index contributed by atoms with van der Waals surface area (Å²) >= 11 is 8.29. The quantitative estimate of drug-likeness (QED) is 0.700. The van der Waals surface area contributed by atoms with Gasteiger partial charge in [-0.3, -0.25) is 4.79 Å². The van der Waals surface area contributed by atoms with E-state index >= 15 is 0 Å². The Hall–Kier alpha value is -0.410. The Balaban J connectivity index is 3.37. The monoisotopic (exact) mass is 250 g/mol. The zero-order valence-corrected chi connectivity index (χ0v) is 8.54. The van der Waals surface area contributed by atoms with E-state index in [1.54, 1.807) is 0 Å². The molecule has 0 aliphatic rings. The molecule has 0 aliphatic carbocycles. The van der Waals surface area contributed by atoms with Gasteiger partial charge in [-0.1, -0.05) is 15.9 Å². The van der Waals surface area contributed by atoms with Gasteiger partial charge >= 0.3 is 0 Å². The largest absolute Gasteiger partial charge is 0.276 e. The first-order chi connectivity index (χ1) is 5.52. The van der Waals surface area contributed by atoms with E-state index in [1.165, 1.54) is 19.1 Å². The van der Waals surface area contributed by atoms with Crippen LogP contribution in [-0.2, 0) is 0 Å². The van der Waals surface area contributed by atoms with E-state index in [9.17, 15) is 9.18 Å². The predicted molar refractivity (Wildman–Crippen MR) is 49.0 cm³/mol. The van der Waals surface area contributed by atoms with Crippen LogP contribution in [0.3, 0.4) is 0 Å². The normalized spacial score (nSPS) is 10.0. The SMILES string of the molecule is Cc1c(F)cc(Br)cc1C(=O)Cl. The highest BCUT2D eigenvalue weighted by Crippen LogP contribution is 2.20. The summed E-state index contributed by atoms with van der Waals surface area (Å²) in [5.41, 5.74) is 0.474. The zero-order valence-electron chi connectivity index (χ0n) is 6.20. The van der Waals surface area contributed by atoms with Crippen molar-refractivity contribution in [3.05, 3.63) is 33.5 Å². The predicted octanol–water partition coefficient (Wildman–Crippen LogP) is 3.28. The van der Waals surface area contributed by atoms with Crippen LogP contribution in [0.25, 0.3) is 0 Å².